The zero-order valence-corrected chi connectivity index (χ0v) is 13.9. The lowest BCUT2D eigenvalue weighted by molar-refractivity contribution is 0.474. The number of para-hydroxylation sites is 1. The summed E-state index contributed by atoms with van der Waals surface area (Å²) in [6, 6.07) is 6.77. The number of aromatic hydroxyl groups is 1. The molecule has 0 aliphatic carbocycles. The first-order chi connectivity index (χ1) is 12.0. The highest BCUT2D eigenvalue weighted by atomic mass is 16.3. The Balaban J connectivity index is 2.04. The second kappa shape index (κ2) is 6.63. The van der Waals surface area contributed by atoms with Crippen LogP contribution in [0.4, 0.5) is 5.95 Å². The predicted molar refractivity (Wildman–Crippen MR) is 95.2 cm³/mol. The number of nitrogens with zero attached hydrogens (tertiary/aromatic N) is 4. The zero-order chi connectivity index (χ0) is 18.0. The molecule has 3 aromatic rings. The molecule has 9 nitrogen and oxygen atoms in total. The average Bonchev–Trinajstić information content (AvgIpc) is 2.94. The summed E-state index contributed by atoms with van der Waals surface area (Å²) in [4.78, 5) is 30.5. The molecule has 130 valence electrons. The van der Waals surface area contributed by atoms with Gasteiger partial charge in [0.1, 0.15) is 5.75 Å². The van der Waals surface area contributed by atoms with Gasteiger partial charge in [0, 0.05) is 19.2 Å². The Morgan fingerprint density at radius 2 is 2.12 bits per heavy atom. The van der Waals surface area contributed by atoms with Crippen LogP contribution in [-0.4, -0.2) is 30.4 Å². The van der Waals surface area contributed by atoms with Crippen molar-refractivity contribution < 1.29 is 5.11 Å². The van der Waals surface area contributed by atoms with Gasteiger partial charge in [0.25, 0.3) is 5.56 Å². The van der Waals surface area contributed by atoms with Crippen LogP contribution in [0.25, 0.3) is 11.2 Å². The molecule has 2 heterocycles. The molecular formula is C16H18N6O3. The SMILES string of the molecule is CCCn1c(N/N=C\c2ccccc2O)nc2c1c(=O)[nH]c(=O)n2C. The summed E-state index contributed by atoms with van der Waals surface area (Å²) in [7, 11) is 1.54. The first-order valence-electron chi connectivity index (χ1n) is 7.79. The number of H-pyrrole nitrogens is 1. The molecule has 0 spiro atoms. The van der Waals surface area contributed by atoms with E-state index in [1.54, 1.807) is 35.9 Å². The number of hydrazone groups is 1. The van der Waals surface area contributed by atoms with E-state index >= 15 is 0 Å². The van der Waals surface area contributed by atoms with E-state index in [9.17, 15) is 14.7 Å². The van der Waals surface area contributed by atoms with Gasteiger partial charge in [0.05, 0.1) is 6.21 Å². The van der Waals surface area contributed by atoms with Gasteiger partial charge < -0.3 is 9.67 Å². The molecule has 3 N–H and O–H groups in total. The van der Waals surface area contributed by atoms with Gasteiger partial charge in [-0.15, -0.1) is 0 Å². The topological polar surface area (TPSA) is 117 Å². The maximum atomic E-state index is 12.2. The molecule has 2 aromatic heterocycles. The van der Waals surface area contributed by atoms with Crippen LogP contribution in [0.1, 0.15) is 18.9 Å². The Bertz CT molecular complexity index is 1060. The molecule has 0 saturated heterocycles. The highest BCUT2D eigenvalue weighted by Gasteiger charge is 2.16. The number of phenolic OH excluding ortho intramolecular Hbond substituents is 1. The van der Waals surface area contributed by atoms with Crippen LogP contribution in [0.5, 0.6) is 5.75 Å². The van der Waals surface area contributed by atoms with E-state index in [0.29, 0.717) is 23.6 Å². The Morgan fingerprint density at radius 1 is 1.36 bits per heavy atom. The van der Waals surface area contributed by atoms with Crippen molar-refractivity contribution in [2.45, 2.75) is 19.9 Å². The smallest absolute Gasteiger partial charge is 0.329 e. The summed E-state index contributed by atoms with van der Waals surface area (Å²) >= 11 is 0. The summed E-state index contributed by atoms with van der Waals surface area (Å²) < 4.78 is 2.95. The molecule has 25 heavy (non-hydrogen) atoms. The van der Waals surface area contributed by atoms with Gasteiger partial charge in [-0.05, 0) is 18.6 Å². The Labute approximate surface area is 142 Å². The molecule has 3 rings (SSSR count). The van der Waals surface area contributed by atoms with E-state index in [1.807, 2.05) is 6.92 Å². The van der Waals surface area contributed by atoms with Gasteiger partial charge >= 0.3 is 5.69 Å². The number of anilines is 1. The maximum Gasteiger partial charge on any atom is 0.329 e. The molecular weight excluding hydrogens is 324 g/mol. The summed E-state index contributed by atoms with van der Waals surface area (Å²) in [6.07, 6.45) is 2.22. The zero-order valence-electron chi connectivity index (χ0n) is 13.9. The van der Waals surface area contributed by atoms with Crippen molar-refractivity contribution in [1.82, 2.24) is 19.1 Å². The second-order valence-electron chi connectivity index (χ2n) is 5.51. The first kappa shape index (κ1) is 16.5. The van der Waals surface area contributed by atoms with Crippen LogP contribution in [0.15, 0.2) is 39.0 Å². The molecule has 0 aliphatic heterocycles. The van der Waals surface area contributed by atoms with Crippen LogP contribution in [0.3, 0.4) is 0 Å². The van der Waals surface area contributed by atoms with Crippen molar-refractivity contribution in [3.05, 3.63) is 50.7 Å². The van der Waals surface area contributed by atoms with Crippen LogP contribution in [0.2, 0.25) is 0 Å². The van der Waals surface area contributed by atoms with Crippen molar-refractivity contribution in [3.63, 3.8) is 0 Å². The van der Waals surface area contributed by atoms with Gasteiger partial charge in [0.15, 0.2) is 11.2 Å². The van der Waals surface area contributed by atoms with Gasteiger partial charge in [-0.3, -0.25) is 14.3 Å². The lowest BCUT2D eigenvalue weighted by Gasteiger charge is -2.06. The lowest BCUT2D eigenvalue weighted by Crippen LogP contribution is -2.29. The molecule has 0 atom stereocenters. The third-order valence-electron chi connectivity index (χ3n) is 3.76. The molecule has 0 fully saturated rings. The van der Waals surface area contributed by atoms with Crippen molar-refractivity contribution in [2.75, 3.05) is 5.43 Å². The fourth-order valence-electron chi connectivity index (χ4n) is 2.52. The summed E-state index contributed by atoms with van der Waals surface area (Å²) in [6.45, 7) is 2.50. The third-order valence-corrected chi connectivity index (χ3v) is 3.76. The Kier molecular flexibility index (Phi) is 4.38. The van der Waals surface area contributed by atoms with Crippen molar-refractivity contribution >= 4 is 23.3 Å². The average molecular weight is 342 g/mol. The summed E-state index contributed by atoms with van der Waals surface area (Å²) in [5.74, 6) is 0.448. The minimum atomic E-state index is -0.525. The first-order valence-corrected chi connectivity index (χ1v) is 7.79. The van der Waals surface area contributed by atoms with E-state index in [1.165, 1.54) is 10.8 Å². The van der Waals surface area contributed by atoms with Crippen LogP contribution >= 0.6 is 0 Å². The maximum absolute atomic E-state index is 12.2. The molecule has 0 amide bonds. The largest absolute Gasteiger partial charge is 0.507 e. The van der Waals surface area contributed by atoms with Gasteiger partial charge in [0.2, 0.25) is 5.95 Å². The van der Waals surface area contributed by atoms with E-state index < -0.39 is 11.2 Å². The number of benzene rings is 1. The number of rotatable bonds is 5. The molecule has 0 radical (unpaired) electrons. The second-order valence-corrected chi connectivity index (χ2v) is 5.51. The molecule has 0 saturated carbocycles. The Hall–Kier alpha value is -3.36. The van der Waals surface area contributed by atoms with Gasteiger partial charge in [-0.25, -0.2) is 10.2 Å². The molecule has 9 heteroatoms. The number of aromatic amines is 1. The molecule has 0 unspecified atom stereocenters. The number of aryl methyl sites for hydroxylation is 2. The Morgan fingerprint density at radius 3 is 2.84 bits per heavy atom. The number of hydrogen-bond acceptors (Lipinski definition) is 6. The number of aromatic nitrogens is 4. The summed E-state index contributed by atoms with van der Waals surface area (Å²) in [5, 5.41) is 13.8. The fraction of sp³-hybridized carbons (Fsp3) is 0.250. The quantitative estimate of drug-likeness (QED) is 0.472. The minimum Gasteiger partial charge on any atom is -0.507 e. The number of hydrogen-bond donors (Lipinski definition) is 3. The molecule has 0 aliphatic rings. The minimum absolute atomic E-state index is 0.106. The molecule has 1 aromatic carbocycles. The highest BCUT2D eigenvalue weighted by Crippen LogP contribution is 2.16. The number of nitrogens with one attached hydrogen (secondary N) is 2. The van der Waals surface area contributed by atoms with Crippen LogP contribution in [0, 0.1) is 0 Å². The van der Waals surface area contributed by atoms with E-state index in [2.05, 4.69) is 20.5 Å². The van der Waals surface area contributed by atoms with E-state index in [4.69, 9.17) is 0 Å². The van der Waals surface area contributed by atoms with Crippen molar-refractivity contribution in [3.8, 4) is 5.75 Å². The van der Waals surface area contributed by atoms with Crippen LogP contribution < -0.4 is 16.7 Å². The van der Waals surface area contributed by atoms with E-state index in [-0.39, 0.29) is 11.4 Å². The predicted octanol–water partition coefficient (Wildman–Crippen LogP) is 0.985. The number of imidazole rings is 1. The highest BCUT2D eigenvalue weighted by molar-refractivity contribution is 5.83. The third kappa shape index (κ3) is 3.03. The van der Waals surface area contributed by atoms with E-state index in [0.717, 1.165) is 6.42 Å². The van der Waals surface area contributed by atoms with Gasteiger partial charge in [-0.1, -0.05) is 19.1 Å². The lowest BCUT2D eigenvalue weighted by atomic mass is 10.2. The molecule has 0 bridgehead atoms. The summed E-state index contributed by atoms with van der Waals surface area (Å²) in [5.41, 5.74) is 2.89. The van der Waals surface area contributed by atoms with Crippen molar-refractivity contribution in [1.29, 1.82) is 0 Å². The van der Waals surface area contributed by atoms with Crippen LogP contribution in [-0.2, 0) is 13.6 Å². The standard InChI is InChI=1S/C16H18N6O3/c1-3-8-22-12-13(21(2)16(25)19-14(12)24)18-15(22)20-17-9-10-6-4-5-7-11(10)23/h4-7,9,23H,3,8H2,1-2H3,(H,18,20)(H,19,24,25)/b17-9-. The monoisotopic (exact) mass is 342 g/mol. The number of phenols is 1. The van der Waals surface area contributed by atoms with Gasteiger partial charge in [-0.2, -0.15) is 10.1 Å². The normalized spacial score (nSPS) is 11.4. The fourth-order valence-corrected chi connectivity index (χ4v) is 2.52. The van der Waals surface area contributed by atoms with Crippen molar-refractivity contribution in [2.24, 2.45) is 12.1 Å². The number of fused-ring (bicyclic) bond motifs is 1.